The number of amides is 1. The van der Waals surface area contributed by atoms with Crippen molar-refractivity contribution in [1.82, 2.24) is 0 Å². The highest BCUT2D eigenvalue weighted by Crippen LogP contribution is 2.44. The fourth-order valence-electron chi connectivity index (χ4n) is 4.36. The number of Topliss-reactive ketones (excluding diaryl/α,β-unsaturated/α-hetero) is 1. The molecule has 0 aliphatic carbocycles. The number of methoxy groups -OCH3 is 1. The van der Waals surface area contributed by atoms with E-state index >= 15 is 0 Å². The molecule has 0 bridgehead atoms. The number of rotatable bonds is 5. The van der Waals surface area contributed by atoms with Gasteiger partial charge in [-0.05, 0) is 60.5 Å². The Kier molecular flexibility index (Phi) is 5.79. The molecule has 0 spiro atoms. The van der Waals surface area contributed by atoms with Crippen molar-refractivity contribution in [2.75, 3.05) is 12.0 Å². The Hall–Kier alpha value is -3.74. The summed E-state index contributed by atoms with van der Waals surface area (Å²) in [5.41, 5.74) is 2.31. The highest BCUT2D eigenvalue weighted by atomic mass is 35.5. The molecule has 1 atom stereocenters. The largest absolute Gasteiger partial charge is 0.503 e. The van der Waals surface area contributed by atoms with E-state index in [2.05, 4.69) is 0 Å². The number of carbonyl (C=O) groups excluding carboxylic acids is 2. The van der Waals surface area contributed by atoms with Gasteiger partial charge in [0, 0.05) is 16.1 Å². The molecule has 5 rings (SSSR count). The number of benzene rings is 3. The number of furan rings is 1. The van der Waals surface area contributed by atoms with Crippen molar-refractivity contribution in [3.05, 3.63) is 105 Å². The zero-order valence-corrected chi connectivity index (χ0v) is 20.2. The van der Waals surface area contributed by atoms with E-state index in [0.29, 0.717) is 33.0 Å². The molecule has 6 nitrogen and oxygen atoms in total. The van der Waals surface area contributed by atoms with E-state index in [1.54, 1.807) is 42.5 Å². The SMILES string of the molecule is COc1ccc(N2C(=O)C(O)=C(C(=O)c3cc4cc(Cl)ccc4o3)C2c2ccccc2C)cc1Cl. The van der Waals surface area contributed by atoms with Crippen LogP contribution in [0.2, 0.25) is 10.0 Å². The van der Waals surface area contributed by atoms with Crippen LogP contribution in [0.1, 0.15) is 27.7 Å². The Morgan fingerprint density at radius 2 is 1.83 bits per heavy atom. The van der Waals surface area contributed by atoms with E-state index in [0.717, 1.165) is 5.56 Å². The predicted molar refractivity (Wildman–Crippen MR) is 135 cm³/mol. The van der Waals surface area contributed by atoms with E-state index in [-0.39, 0.29) is 16.4 Å². The summed E-state index contributed by atoms with van der Waals surface area (Å²) in [4.78, 5) is 28.5. The van der Waals surface area contributed by atoms with Crippen LogP contribution in [0, 0.1) is 6.92 Å². The first kappa shape index (κ1) is 23.0. The molecular weight excluding hydrogens is 489 g/mol. The van der Waals surface area contributed by atoms with Crippen molar-refractivity contribution in [3.63, 3.8) is 0 Å². The molecule has 1 unspecified atom stereocenters. The topological polar surface area (TPSA) is 80.0 Å². The Morgan fingerprint density at radius 3 is 2.54 bits per heavy atom. The van der Waals surface area contributed by atoms with Crippen molar-refractivity contribution in [2.45, 2.75) is 13.0 Å². The van der Waals surface area contributed by atoms with Gasteiger partial charge in [0.05, 0.1) is 23.7 Å². The number of aliphatic hydroxyl groups excluding tert-OH is 1. The van der Waals surface area contributed by atoms with Crippen LogP contribution in [0.15, 0.2) is 82.5 Å². The van der Waals surface area contributed by atoms with Gasteiger partial charge < -0.3 is 14.3 Å². The number of ketones is 1. The minimum absolute atomic E-state index is 0.00943. The molecule has 1 aromatic heterocycles. The van der Waals surface area contributed by atoms with Crippen molar-refractivity contribution >= 4 is 51.5 Å². The number of aryl methyl sites for hydroxylation is 1. The van der Waals surface area contributed by atoms with Gasteiger partial charge in [0.25, 0.3) is 5.91 Å². The highest BCUT2D eigenvalue weighted by molar-refractivity contribution is 6.32. The van der Waals surface area contributed by atoms with Gasteiger partial charge in [-0.1, -0.05) is 47.5 Å². The van der Waals surface area contributed by atoms with Gasteiger partial charge in [0.2, 0.25) is 5.78 Å². The maximum absolute atomic E-state index is 13.7. The lowest BCUT2D eigenvalue weighted by atomic mass is 9.92. The van der Waals surface area contributed by atoms with E-state index in [9.17, 15) is 14.7 Å². The maximum atomic E-state index is 13.7. The van der Waals surface area contributed by atoms with Gasteiger partial charge >= 0.3 is 0 Å². The smallest absolute Gasteiger partial charge is 0.294 e. The summed E-state index contributed by atoms with van der Waals surface area (Å²) in [6.45, 7) is 1.87. The van der Waals surface area contributed by atoms with Gasteiger partial charge in [-0.15, -0.1) is 0 Å². The van der Waals surface area contributed by atoms with Crippen molar-refractivity contribution in [1.29, 1.82) is 0 Å². The summed E-state index contributed by atoms with van der Waals surface area (Å²) < 4.78 is 11.0. The average Bonchev–Trinajstić information content (AvgIpc) is 3.37. The van der Waals surface area contributed by atoms with E-state index in [4.69, 9.17) is 32.4 Å². The number of halogens is 2. The van der Waals surface area contributed by atoms with Gasteiger partial charge in [0.15, 0.2) is 11.5 Å². The van der Waals surface area contributed by atoms with Gasteiger partial charge in [-0.25, -0.2) is 0 Å². The molecule has 0 radical (unpaired) electrons. The lowest BCUT2D eigenvalue weighted by molar-refractivity contribution is -0.117. The lowest BCUT2D eigenvalue weighted by Crippen LogP contribution is -2.31. The number of hydrogen-bond acceptors (Lipinski definition) is 5. The first-order valence-corrected chi connectivity index (χ1v) is 11.4. The summed E-state index contributed by atoms with van der Waals surface area (Å²) in [6, 6.07) is 17.8. The molecule has 2 heterocycles. The first-order chi connectivity index (χ1) is 16.8. The summed E-state index contributed by atoms with van der Waals surface area (Å²) in [7, 11) is 1.49. The number of carbonyl (C=O) groups is 2. The molecule has 8 heteroatoms. The van der Waals surface area contributed by atoms with Crippen LogP contribution in [0.5, 0.6) is 5.75 Å². The molecule has 1 aliphatic rings. The van der Waals surface area contributed by atoms with Crippen LogP contribution in [0.25, 0.3) is 11.0 Å². The first-order valence-electron chi connectivity index (χ1n) is 10.7. The predicted octanol–water partition coefficient (Wildman–Crippen LogP) is 6.84. The standard InChI is InChI=1S/C27H19Cl2NO5/c1-14-5-3-4-6-18(14)24-23(25(31)22-12-15-11-16(28)7-9-20(15)35-22)26(32)27(33)30(24)17-8-10-21(34-2)19(29)13-17/h3-13,24,32H,1-2H3. The van der Waals surface area contributed by atoms with Gasteiger partial charge in [0.1, 0.15) is 11.3 Å². The van der Waals surface area contributed by atoms with E-state index in [1.165, 1.54) is 12.0 Å². The molecule has 1 amide bonds. The quantitative estimate of drug-likeness (QED) is 0.299. The zero-order chi connectivity index (χ0) is 24.9. The molecule has 3 aromatic carbocycles. The fourth-order valence-corrected chi connectivity index (χ4v) is 4.79. The molecule has 176 valence electrons. The molecule has 1 aliphatic heterocycles. The Bertz CT molecular complexity index is 1540. The third-order valence-electron chi connectivity index (χ3n) is 6.05. The van der Waals surface area contributed by atoms with E-state index < -0.39 is 23.5 Å². The van der Waals surface area contributed by atoms with Crippen molar-refractivity contribution < 1.29 is 23.8 Å². The minimum atomic E-state index is -0.905. The summed E-state index contributed by atoms with van der Waals surface area (Å²) >= 11 is 12.4. The molecule has 0 fully saturated rings. The fraction of sp³-hybridized carbons (Fsp3) is 0.111. The van der Waals surface area contributed by atoms with E-state index in [1.807, 2.05) is 31.2 Å². The number of hydrogen-bond donors (Lipinski definition) is 1. The second-order valence-corrected chi connectivity index (χ2v) is 8.98. The van der Waals surface area contributed by atoms with Crippen molar-refractivity contribution in [2.24, 2.45) is 0 Å². The molecule has 35 heavy (non-hydrogen) atoms. The molecule has 0 saturated heterocycles. The number of aliphatic hydroxyl groups is 1. The number of ether oxygens (including phenoxy) is 1. The highest BCUT2D eigenvalue weighted by Gasteiger charge is 2.46. The van der Waals surface area contributed by atoms with Crippen LogP contribution >= 0.6 is 23.2 Å². The summed E-state index contributed by atoms with van der Waals surface area (Å²) in [5, 5.41) is 12.4. The Morgan fingerprint density at radius 1 is 1.06 bits per heavy atom. The van der Waals surface area contributed by atoms with Crippen LogP contribution in [-0.2, 0) is 4.79 Å². The molecular formula is C27H19Cl2NO5. The van der Waals surface area contributed by atoms with Crippen LogP contribution in [-0.4, -0.2) is 23.9 Å². The number of anilines is 1. The third-order valence-corrected chi connectivity index (χ3v) is 6.58. The summed E-state index contributed by atoms with van der Waals surface area (Å²) in [6.07, 6.45) is 0. The number of fused-ring (bicyclic) bond motifs is 1. The Balaban J connectivity index is 1.67. The zero-order valence-electron chi connectivity index (χ0n) is 18.7. The maximum Gasteiger partial charge on any atom is 0.294 e. The summed E-state index contributed by atoms with van der Waals surface area (Å²) in [5.74, 6) is -1.54. The second-order valence-electron chi connectivity index (χ2n) is 8.14. The van der Waals surface area contributed by atoms with Gasteiger partial charge in [-0.2, -0.15) is 0 Å². The number of nitrogens with zero attached hydrogens (tertiary/aromatic N) is 1. The van der Waals surface area contributed by atoms with Crippen molar-refractivity contribution in [3.8, 4) is 5.75 Å². The lowest BCUT2D eigenvalue weighted by Gasteiger charge is -2.28. The normalized spacial score (nSPS) is 15.8. The molecule has 4 aromatic rings. The average molecular weight is 508 g/mol. The van der Waals surface area contributed by atoms with Gasteiger partial charge in [-0.3, -0.25) is 14.5 Å². The second kappa shape index (κ2) is 8.80. The minimum Gasteiger partial charge on any atom is -0.503 e. The third kappa shape index (κ3) is 3.85. The Labute approximate surface area is 210 Å². The van der Waals surface area contributed by atoms with Crippen LogP contribution in [0.3, 0.4) is 0 Å². The van der Waals surface area contributed by atoms with Crippen LogP contribution in [0.4, 0.5) is 5.69 Å². The molecule has 0 saturated carbocycles. The molecule has 1 N–H and O–H groups in total. The monoisotopic (exact) mass is 507 g/mol. The van der Waals surface area contributed by atoms with Crippen LogP contribution < -0.4 is 9.64 Å².